The molecule has 2 aromatic carbocycles. The second kappa shape index (κ2) is 5.28. The molecule has 1 fully saturated rings. The van der Waals surface area contributed by atoms with E-state index < -0.39 is 29.7 Å². The van der Waals surface area contributed by atoms with Gasteiger partial charge in [-0.15, -0.1) is 0 Å². The van der Waals surface area contributed by atoms with Crippen LogP contribution in [0.2, 0.25) is 0 Å². The fraction of sp³-hybridized carbons (Fsp3) is 0.0667. The second-order valence-electron chi connectivity index (χ2n) is 4.76. The number of anilines is 1. The summed E-state index contributed by atoms with van der Waals surface area (Å²) in [6.45, 7) is 0. The number of benzene rings is 2. The maximum Gasteiger partial charge on any atom is 0.328 e. The van der Waals surface area contributed by atoms with Gasteiger partial charge < -0.3 is 5.32 Å². The van der Waals surface area contributed by atoms with Crippen LogP contribution < -0.4 is 16.0 Å². The monoisotopic (exact) mass is 297 g/mol. The van der Waals surface area contributed by atoms with E-state index >= 15 is 0 Å². The SMILES string of the molecule is O=C1NC(=O)C(C(=O)Nc2cccc3ccccc23)C(=O)N1. The Kier molecular flexibility index (Phi) is 3.30. The number of urea groups is 1. The molecule has 0 atom stereocenters. The predicted octanol–water partition coefficient (Wildman–Crippen LogP) is 0.760. The Bertz CT molecular complexity index is 790. The van der Waals surface area contributed by atoms with Crippen LogP contribution in [-0.4, -0.2) is 23.8 Å². The molecule has 7 heteroatoms. The summed E-state index contributed by atoms with van der Waals surface area (Å²) in [5.41, 5.74) is 0.487. The van der Waals surface area contributed by atoms with Crippen molar-refractivity contribution in [1.82, 2.24) is 10.6 Å². The summed E-state index contributed by atoms with van der Waals surface area (Å²) in [7, 11) is 0. The van der Waals surface area contributed by atoms with Crippen LogP contribution in [0.25, 0.3) is 10.8 Å². The van der Waals surface area contributed by atoms with Crippen molar-refractivity contribution in [3.8, 4) is 0 Å². The van der Waals surface area contributed by atoms with E-state index in [-0.39, 0.29) is 0 Å². The molecule has 110 valence electrons. The zero-order valence-electron chi connectivity index (χ0n) is 11.3. The van der Waals surface area contributed by atoms with Crippen LogP contribution in [0, 0.1) is 5.92 Å². The molecule has 0 aromatic heterocycles. The highest BCUT2D eigenvalue weighted by molar-refractivity contribution is 6.28. The maximum atomic E-state index is 12.2. The Morgan fingerprint density at radius 3 is 2.27 bits per heavy atom. The smallest absolute Gasteiger partial charge is 0.324 e. The molecule has 5 amide bonds. The van der Waals surface area contributed by atoms with Gasteiger partial charge in [0.05, 0.1) is 0 Å². The van der Waals surface area contributed by atoms with Crippen molar-refractivity contribution in [2.24, 2.45) is 5.92 Å². The van der Waals surface area contributed by atoms with Crippen LogP contribution >= 0.6 is 0 Å². The molecule has 3 rings (SSSR count). The fourth-order valence-corrected chi connectivity index (χ4v) is 2.30. The lowest BCUT2D eigenvalue weighted by molar-refractivity contribution is -0.141. The number of amides is 5. The molecule has 7 nitrogen and oxygen atoms in total. The standard InChI is InChI=1S/C15H11N3O4/c19-12(11-13(20)17-15(22)18-14(11)21)16-10-7-3-5-8-4-1-2-6-9(8)10/h1-7,11H,(H,16,19)(H2,17,18,20,21,22). The molecule has 22 heavy (non-hydrogen) atoms. The van der Waals surface area contributed by atoms with Gasteiger partial charge in [0.2, 0.25) is 17.7 Å². The Morgan fingerprint density at radius 1 is 0.909 bits per heavy atom. The van der Waals surface area contributed by atoms with Gasteiger partial charge in [-0.3, -0.25) is 25.0 Å². The third kappa shape index (κ3) is 2.39. The van der Waals surface area contributed by atoms with E-state index in [1.54, 1.807) is 12.1 Å². The van der Waals surface area contributed by atoms with Gasteiger partial charge in [0.15, 0.2) is 5.92 Å². The van der Waals surface area contributed by atoms with Crippen molar-refractivity contribution < 1.29 is 19.2 Å². The minimum absolute atomic E-state index is 0.487. The van der Waals surface area contributed by atoms with Crippen LogP contribution in [0.1, 0.15) is 0 Å². The molecular weight excluding hydrogens is 286 g/mol. The summed E-state index contributed by atoms with van der Waals surface area (Å²) < 4.78 is 0. The molecule has 0 radical (unpaired) electrons. The lowest BCUT2D eigenvalue weighted by Crippen LogP contribution is -2.58. The number of imide groups is 2. The number of hydrogen-bond acceptors (Lipinski definition) is 4. The highest BCUT2D eigenvalue weighted by Crippen LogP contribution is 2.23. The number of carbonyl (C=O) groups is 4. The van der Waals surface area contributed by atoms with E-state index in [0.29, 0.717) is 5.69 Å². The van der Waals surface area contributed by atoms with Gasteiger partial charge in [-0.25, -0.2) is 4.79 Å². The number of fused-ring (bicyclic) bond motifs is 1. The first kappa shape index (κ1) is 13.7. The van der Waals surface area contributed by atoms with Gasteiger partial charge in [-0.05, 0) is 11.5 Å². The quantitative estimate of drug-likeness (QED) is 0.712. The van der Waals surface area contributed by atoms with Crippen LogP contribution in [0.3, 0.4) is 0 Å². The lowest BCUT2D eigenvalue weighted by atomic mass is 10.0. The zero-order chi connectivity index (χ0) is 15.7. The molecule has 0 aliphatic carbocycles. The third-order valence-corrected chi connectivity index (χ3v) is 3.31. The number of hydrogen-bond donors (Lipinski definition) is 3. The summed E-state index contributed by atoms with van der Waals surface area (Å²) in [5.74, 6) is -4.27. The molecule has 1 heterocycles. The van der Waals surface area contributed by atoms with E-state index in [4.69, 9.17) is 0 Å². The molecule has 3 N–H and O–H groups in total. The Morgan fingerprint density at radius 2 is 1.55 bits per heavy atom. The first-order valence-electron chi connectivity index (χ1n) is 6.50. The summed E-state index contributed by atoms with van der Waals surface area (Å²) in [6.07, 6.45) is 0. The molecule has 1 aliphatic heterocycles. The molecule has 0 bridgehead atoms. The van der Waals surface area contributed by atoms with Crippen molar-refractivity contribution >= 4 is 40.2 Å². The van der Waals surface area contributed by atoms with Gasteiger partial charge in [-0.2, -0.15) is 0 Å². The van der Waals surface area contributed by atoms with Gasteiger partial charge in [-0.1, -0.05) is 36.4 Å². The molecule has 0 saturated carbocycles. The minimum Gasteiger partial charge on any atom is -0.324 e. The Balaban J connectivity index is 1.89. The van der Waals surface area contributed by atoms with E-state index in [1.165, 1.54) is 0 Å². The second-order valence-corrected chi connectivity index (χ2v) is 4.76. The molecule has 0 spiro atoms. The Hall–Kier alpha value is -3.22. The van der Waals surface area contributed by atoms with Gasteiger partial charge in [0, 0.05) is 11.1 Å². The number of carbonyl (C=O) groups excluding carboxylic acids is 4. The van der Waals surface area contributed by atoms with E-state index in [9.17, 15) is 19.2 Å². The third-order valence-electron chi connectivity index (χ3n) is 3.31. The Labute approximate surface area is 124 Å². The number of barbiturate groups is 1. The van der Waals surface area contributed by atoms with Crippen LogP contribution in [-0.2, 0) is 14.4 Å². The van der Waals surface area contributed by atoms with Crippen molar-refractivity contribution in [2.75, 3.05) is 5.32 Å². The lowest BCUT2D eigenvalue weighted by Gasteiger charge is -2.20. The minimum atomic E-state index is -1.60. The first-order chi connectivity index (χ1) is 10.6. The van der Waals surface area contributed by atoms with E-state index in [1.807, 2.05) is 41.0 Å². The highest BCUT2D eigenvalue weighted by Gasteiger charge is 2.39. The first-order valence-corrected chi connectivity index (χ1v) is 6.50. The average molecular weight is 297 g/mol. The summed E-state index contributed by atoms with van der Waals surface area (Å²) in [5, 5.41) is 8.04. The summed E-state index contributed by atoms with van der Waals surface area (Å²) in [6, 6.07) is 11.7. The van der Waals surface area contributed by atoms with E-state index in [2.05, 4.69) is 5.32 Å². The van der Waals surface area contributed by atoms with Crippen LogP contribution in [0.4, 0.5) is 10.5 Å². The predicted molar refractivity (Wildman–Crippen MR) is 77.7 cm³/mol. The molecule has 1 saturated heterocycles. The van der Waals surface area contributed by atoms with E-state index in [0.717, 1.165) is 10.8 Å². The van der Waals surface area contributed by atoms with Crippen molar-refractivity contribution in [3.63, 3.8) is 0 Å². The van der Waals surface area contributed by atoms with Crippen molar-refractivity contribution in [3.05, 3.63) is 42.5 Å². The largest absolute Gasteiger partial charge is 0.328 e. The topological polar surface area (TPSA) is 104 Å². The molecule has 0 unspecified atom stereocenters. The summed E-state index contributed by atoms with van der Waals surface area (Å²) in [4.78, 5) is 46.5. The van der Waals surface area contributed by atoms with Gasteiger partial charge in [0.25, 0.3) is 0 Å². The molecule has 1 aliphatic rings. The average Bonchev–Trinajstić information content (AvgIpc) is 2.46. The van der Waals surface area contributed by atoms with Crippen molar-refractivity contribution in [2.45, 2.75) is 0 Å². The molecule has 2 aromatic rings. The van der Waals surface area contributed by atoms with Gasteiger partial charge >= 0.3 is 6.03 Å². The van der Waals surface area contributed by atoms with Crippen LogP contribution in [0.5, 0.6) is 0 Å². The van der Waals surface area contributed by atoms with Crippen molar-refractivity contribution in [1.29, 1.82) is 0 Å². The molecular formula is C15H11N3O4. The highest BCUT2D eigenvalue weighted by atomic mass is 16.2. The van der Waals surface area contributed by atoms with Crippen LogP contribution in [0.15, 0.2) is 42.5 Å². The van der Waals surface area contributed by atoms with Gasteiger partial charge in [0.1, 0.15) is 0 Å². The normalized spacial score (nSPS) is 15.4. The summed E-state index contributed by atoms with van der Waals surface area (Å²) >= 11 is 0. The zero-order valence-corrected chi connectivity index (χ0v) is 11.3. The number of nitrogens with one attached hydrogen (secondary N) is 3. The maximum absolute atomic E-state index is 12.2. The number of rotatable bonds is 2. The fourth-order valence-electron chi connectivity index (χ4n) is 2.30.